The van der Waals surface area contributed by atoms with Crippen LogP contribution >= 0.6 is 0 Å². The predicted octanol–water partition coefficient (Wildman–Crippen LogP) is 4.64. The number of aromatic nitrogens is 2. The normalized spacial score (nSPS) is 12.0. The highest BCUT2D eigenvalue weighted by Gasteiger charge is 2.16. The van der Waals surface area contributed by atoms with E-state index >= 15 is 0 Å². The number of hydrogen-bond acceptors (Lipinski definition) is 4. The lowest BCUT2D eigenvalue weighted by molar-refractivity contribution is 0.0939. The zero-order chi connectivity index (χ0) is 19.3. The summed E-state index contributed by atoms with van der Waals surface area (Å²) in [7, 11) is 0. The van der Waals surface area contributed by atoms with Crippen LogP contribution in [0, 0.1) is 0 Å². The van der Waals surface area contributed by atoms with Crippen LogP contribution in [0.5, 0.6) is 0 Å². The maximum absolute atomic E-state index is 13.0. The number of furan rings is 1. The number of pyridine rings is 2. The molecular weight excluding hydrogens is 350 g/mol. The number of aryl methyl sites for hydroxylation is 1. The van der Waals surface area contributed by atoms with E-state index in [-0.39, 0.29) is 11.9 Å². The molecule has 1 N–H and O–H groups in total. The lowest BCUT2D eigenvalue weighted by Gasteiger charge is -2.15. The number of benzene rings is 1. The number of hydrogen-bond donors (Lipinski definition) is 1. The van der Waals surface area contributed by atoms with E-state index in [4.69, 9.17) is 4.42 Å². The number of amides is 1. The number of nitrogens with one attached hydrogen (secondary N) is 1. The molecular formula is C23H21N3O2. The highest BCUT2D eigenvalue weighted by molar-refractivity contribution is 6.07. The van der Waals surface area contributed by atoms with E-state index in [1.807, 2.05) is 67.6 Å². The van der Waals surface area contributed by atoms with E-state index in [0.29, 0.717) is 11.3 Å². The fraction of sp³-hybridized carbons (Fsp3) is 0.174. The molecule has 1 unspecified atom stereocenters. The predicted molar refractivity (Wildman–Crippen MR) is 109 cm³/mol. The number of para-hydroxylation sites is 1. The maximum atomic E-state index is 13.0. The van der Waals surface area contributed by atoms with Gasteiger partial charge in [0.25, 0.3) is 5.91 Å². The van der Waals surface area contributed by atoms with Crippen LogP contribution in [0.3, 0.4) is 0 Å². The molecule has 3 aromatic heterocycles. The molecule has 1 atom stereocenters. The van der Waals surface area contributed by atoms with Crippen molar-refractivity contribution < 1.29 is 9.21 Å². The van der Waals surface area contributed by atoms with Crippen LogP contribution in [0.2, 0.25) is 0 Å². The van der Waals surface area contributed by atoms with Gasteiger partial charge in [-0.15, -0.1) is 0 Å². The van der Waals surface area contributed by atoms with Crippen LogP contribution in [0.1, 0.15) is 29.5 Å². The third-order valence-corrected chi connectivity index (χ3v) is 4.67. The second kappa shape index (κ2) is 8.05. The largest absolute Gasteiger partial charge is 0.469 e. The van der Waals surface area contributed by atoms with Crippen LogP contribution in [0.25, 0.3) is 22.3 Å². The van der Waals surface area contributed by atoms with Crippen molar-refractivity contribution in [1.29, 1.82) is 0 Å². The molecule has 0 aliphatic carbocycles. The van der Waals surface area contributed by atoms with Gasteiger partial charge in [-0.3, -0.25) is 9.78 Å². The Labute approximate surface area is 163 Å². The van der Waals surface area contributed by atoms with E-state index in [1.54, 1.807) is 12.5 Å². The van der Waals surface area contributed by atoms with Crippen molar-refractivity contribution in [3.63, 3.8) is 0 Å². The van der Waals surface area contributed by atoms with Crippen LogP contribution in [0.15, 0.2) is 77.5 Å². The summed E-state index contributed by atoms with van der Waals surface area (Å²) in [6.07, 6.45) is 4.98. The Morgan fingerprint density at radius 2 is 1.93 bits per heavy atom. The van der Waals surface area contributed by atoms with Gasteiger partial charge in [0.2, 0.25) is 0 Å². The Kier molecular flexibility index (Phi) is 5.15. The number of nitrogens with zero attached hydrogens (tertiary/aromatic N) is 2. The third kappa shape index (κ3) is 3.93. The fourth-order valence-corrected chi connectivity index (χ4v) is 3.20. The van der Waals surface area contributed by atoms with Crippen molar-refractivity contribution in [2.45, 2.75) is 25.8 Å². The van der Waals surface area contributed by atoms with Gasteiger partial charge in [-0.1, -0.05) is 24.3 Å². The Balaban J connectivity index is 1.60. The Morgan fingerprint density at radius 1 is 1.07 bits per heavy atom. The molecule has 0 aliphatic heterocycles. The lowest BCUT2D eigenvalue weighted by Crippen LogP contribution is -2.33. The topological polar surface area (TPSA) is 68.0 Å². The van der Waals surface area contributed by atoms with E-state index < -0.39 is 0 Å². The minimum absolute atomic E-state index is 0.0165. The summed E-state index contributed by atoms with van der Waals surface area (Å²) in [6, 6.07) is 19.0. The van der Waals surface area contributed by atoms with Gasteiger partial charge in [0.05, 0.1) is 28.7 Å². The summed E-state index contributed by atoms with van der Waals surface area (Å²) in [6.45, 7) is 2.00. The Hall–Kier alpha value is -3.47. The van der Waals surface area contributed by atoms with E-state index in [0.717, 1.165) is 35.2 Å². The average Bonchev–Trinajstić information content (AvgIpc) is 3.26. The van der Waals surface area contributed by atoms with Crippen molar-refractivity contribution in [3.05, 3.63) is 84.4 Å². The monoisotopic (exact) mass is 371 g/mol. The average molecular weight is 371 g/mol. The molecule has 140 valence electrons. The summed E-state index contributed by atoms with van der Waals surface area (Å²) in [5, 5.41) is 3.93. The Bertz CT molecular complexity index is 1080. The zero-order valence-corrected chi connectivity index (χ0v) is 15.6. The minimum atomic E-state index is -0.109. The molecule has 4 aromatic rings. The molecule has 28 heavy (non-hydrogen) atoms. The first-order chi connectivity index (χ1) is 13.7. The van der Waals surface area contributed by atoms with Gasteiger partial charge in [-0.2, -0.15) is 0 Å². The van der Waals surface area contributed by atoms with Gasteiger partial charge in [0.15, 0.2) is 0 Å². The van der Waals surface area contributed by atoms with Gasteiger partial charge < -0.3 is 9.73 Å². The Morgan fingerprint density at radius 3 is 2.71 bits per heavy atom. The molecule has 5 nitrogen and oxygen atoms in total. The van der Waals surface area contributed by atoms with Crippen molar-refractivity contribution in [2.24, 2.45) is 0 Å². The molecule has 5 heteroatoms. The highest BCUT2D eigenvalue weighted by Crippen LogP contribution is 2.23. The number of fused-ring (bicyclic) bond motifs is 1. The summed E-state index contributed by atoms with van der Waals surface area (Å²) < 4.78 is 5.37. The molecule has 1 amide bonds. The molecule has 0 saturated heterocycles. The van der Waals surface area contributed by atoms with Crippen molar-refractivity contribution in [1.82, 2.24) is 15.3 Å². The molecule has 4 rings (SSSR count). The van der Waals surface area contributed by atoms with Crippen LogP contribution in [-0.4, -0.2) is 21.9 Å². The minimum Gasteiger partial charge on any atom is -0.469 e. The summed E-state index contributed by atoms with van der Waals surface area (Å²) in [4.78, 5) is 22.1. The lowest BCUT2D eigenvalue weighted by atomic mass is 10.0. The summed E-state index contributed by atoms with van der Waals surface area (Å²) in [5.41, 5.74) is 2.82. The first kappa shape index (κ1) is 17.9. The molecule has 0 aliphatic rings. The SMILES string of the molecule is CC(CCc1ccco1)NC(=O)c1cc(-c2ccccn2)nc2ccccc12. The van der Waals surface area contributed by atoms with Crippen LogP contribution in [-0.2, 0) is 6.42 Å². The molecule has 0 spiro atoms. The van der Waals surface area contributed by atoms with Crippen molar-refractivity contribution in [2.75, 3.05) is 0 Å². The number of carbonyl (C=O) groups is 1. The quantitative estimate of drug-likeness (QED) is 0.536. The second-order valence-electron chi connectivity index (χ2n) is 6.78. The number of carbonyl (C=O) groups excluding carboxylic acids is 1. The molecule has 0 fully saturated rings. The van der Waals surface area contributed by atoms with Gasteiger partial charge in [-0.25, -0.2) is 4.98 Å². The van der Waals surface area contributed by atoms with Crippen molar-refractivity contribution in [3.8, 4) is 11.4 Å². The van der Waals surface area contributed by atoms with Gasteiger partial charge >= 0.3 is 0 Å². The molecule has 0 saturated carbocycles. The maximum Gasteiger partial charge on any atom is 0.252 e. The summed E-state index contributed by atoms with van der Waals surface area (Å²) >= 11 is 0. The smallest absolute Gasteiger partial charge is 0.252 e. The zero-order valence-electron chi connectivity index (χ0n) is 15.6. The first-order valence-corrected chi connectivity index (χ1v) is 9.35. The van der Waals surface area contributed by atoms with E-state index in [9.17, 15) is 4.79 Å². The highest BCUT2D eigenvalue weighted by atomic mass is 16.3. The van der Waals surface area contributed by atoms with Gasteiger partial charge in [-0.05, 0) is 49.7 Å². The first-order valence-electron chi connectivity index (χ1n) is 9.35. The van der Waals surface area contributed by atoms with Crippen LogP contribution in [0.4, 0.5) is 0 Å². The van der Waals surface area contributed by atoms with E-state index in [2.05, 4.69) is 15.3 Å². The third-order valence-electron chi connectivity index (χ3n) is 4.67. The standard InChI is InChI=1S/C23H21N3O2/c1-16(11-12-17-7-6-14-28-17)25-23(27)19-15-22(21-10-4-5-13-24-21)26-20-9-3-2-8-18(19)20/h2-10,13-16H,11-12H2,1H3,(H,25,27). The summed E-state index contributed by atoms with van der Waals surface area (Å²) in [5.74, 6) is 0.815. The fourth-order valence-electron chi connectivity index (χ4n) is 3.20. The van der Waals surface area contributed by atoms with Gasteiger partial charge in [0.1, 0.15) is 5.76 Å². The molecule has 1 aromatic carbocycles. The number of rotatable bonds is 6. The molecule has 3 heterocycles. The van der Waals surface area contributed by atoms with Gasteiger partial charge in [0, 0.05) is 24.0 Å². The van der Waals surface area contributed by atoms with Crippen molar-refractivity contribution >= 4 is 16.8 Å². The van der Waals surface area contributed by atoms with Crippen LogP contribution < -0.4 is 5.32 Å². The van der Waals surface area contributed by atoms with E-state index in [1.165, 1.54) is 0 Å². The second-order valence-corrected chi connectivity index (χ2v) is 6.78. The molecule has 0 radical (unpaired) electrons. The molecule has 0 bridgehead atoms.